The summed E-state index contributed by atoms with van der Waals surface area (Å²) in [5.74, 6) is -1.09. The molecule has 0 aliphatic rings. The Morgan fingerprint density at radius 1 is 0.818 bits per heavy atom. The van der Waals surface area contributed by atoms with E-state index in [1.165, 1.54) is 57.8 Å². The first-order chi connectivity index (χ1) is 15.7. The van der Waals surface area contributed by atoms with Crippen LogP contribution in [0.4, 0.5) is 0 Å². The maximum absolute atomic E-state index is 12.6. The number of nitrogens with zero attached hydrogens (tertiary/aromatic N) is 1. The van der Waals surface area contributed by atoms with Crippen LogP contribution in [-0.2, 0) is 9.59 Å². The van der Waals surface area contributed by atoms with Gasteiger partial charge >= 0.3 is 5.97 Å². The maximum Gasteiger partial charge on any atom is 0.388 e. The summed E-state index contributed by atoms with van der Waals surface area (Å²) in [7, 11) is 3.80. The molecule has 1 atom stereocenters. The maximum atomic E-state index is 12.6. The Kier molecular flexibility index (Phi) is 17.3. The van der Waals surface area contributed by atoms with Crippen LogP contribution in [-0.4, -0.2) is 47.3 Å². The zero-order valence-corrected chi connectivity index (χ0v) is 22.8. The Labute approximate surface area is 205 Å². The van der Waals surface area contributed by atoms with Gasteiger partial charge in [0.2, 0.25) is 5.91 Å². The first kappa shape index (κ1) is 31.6. The number of rotatable bonds is 21. The van der Waals surface area contributed by atoms with Crippen molar-refractivity contribution < 1.29 is 19.2 Å². The molecule has 0 rings (SSSR count). The highest BCUT2D eigenvalue weighted by molar-refractivity contribution is 5.85. The monoisotopic (exact) mass is 467 g/mol. The summed E-state index contributed by atoms with van der Waals surface area (Å²) in [5.41, 5.74) is -1.28. The SMILES string of the molecule is CCCCCCCCC=CCCCCCCCC(=O)NC(CCC)(C(=O)O)[N+](C)(C)C(C)C. The highest BCUT2D eigenvalue weighted by Crippen LogP contribution is 2.28. The minimum absolute atomic E-state index is 0.0767. The summed E-state index contributed by atoms with van der Waals surface area (Å²) < 4.78 is 0.230. The number of hydrogen-bond donors (Lipinski definition) is 2. The minimum Gasteiger partial charge on any atom is -0.475 e. The van der Waals surface area contributed by atoms with Crippen LogP contribution in [0.5, 0.6) is 0 Å². The standard InChI is InChI=1S/C28H54N2O3/c1-7-9-10-11-12-13-14-15-16-17-18-19-20-21-22-23-26(31)29-28(24-8-2,27(32)33)30(5,6)25(3)4/h15-16,25H,7-14,17-24H2,1-6H3,(H-,29,31,32,33)/p+1. The van der Waals surface area contributed by atoms with Gasteiger partial charge in [-0.2, -0.15) is 0 Å². The van der Waals surface area contributed by atoms with Crippen molar-refractivity contribution in [3.05, 3.63) is 12.2 Å². The second kappa shape index (κ2) is 18.0. The van der Waals surface area contributed by atoms with Gasteiger partial charge in [0.15, 0.2) is 0 Å². The van der Waals surface area contributed by atoms with Crippen molar-refractivity contribution in [3.8, 4) is 0 Å². The van der Waals surface area contributed by atoms with E-state index in [1.807, 2.05) is 34.9 Å². The lowest BCUT2D eigenvalue weighted by Gasteiger charge is -2.48. The molecule has 0 saturated carbocycles. The predicted molar refractivity (Wildman–Crippen MR) is 140 cm³/mol. The zero-order chi connectivity index (χ0) is 25.2. The molecule has 2 N–H and O–H groups in total. The Morgan fingerprint density at radius 2 is 1.30 bits per heavy atom. The van der Waals surface area contributed by atoms with Gasteiger partial charge in [-0.05, 0) is 52.4 Å². The molecule has 0 spiro atoms. The average molecular weight is 468 g/mol. The molecule has 0 aromatic carbocycles. The predicted octanol–water partition coefficient (Wildman–Crippen LogP) is 7.21. The molecule has 0 fully saturated rings. The molecule has 0 aromatic rings. The van der Waals surface area contributed by atoms with Crippen LogP contribution < -0.4 is 5.32 Å². The summed E-state index contributed by atoms with van der Waals surface area (Å²) >= 11 is 0. The number of allylic oxidation sites excluding steroid dienone is 2. The molecule has 0 radical (unpaired) electrons. The van der Waals surface area contributed by atoms with Crippen LogP contribution in [0.3, 0.4) is 0 Å². The van der Waals surface area contributed by atoms with Gasteiger partial charge in [-0.3, -0.25) is 14.6 Å². The largest absolute Gasteiger partial charge is 0.475 e. The van der Waals surface area contributed by atoms with E-state index in [-0.39, 0.29) is 16.4 Å². The number of amides is 1. The number of quaternary nitrogens is 1. The van der Waals surface area contributed by atoms with Gasteiger partial charge in [0.25, 0.3) is 5.66 Å². The van der Waals surface area contributed by atoms with Gasteiger partial charge in [0.05, 0.1) is 20.1 Å². The molecular weight excluding hydrogens is 412 g/mol. The second-order valence-corrected chi connectivity index (χ2v) is 10.4. The van der Waals surface area contributed by atoms with Crippen LogP contribution >= 0.6 is 0 Å². The summed E-state index contributed by atoms with van der Waals surface area (Å²) in [6, 6.07) is 0.0767. The number of carbonyl (C=O) groups is 2. The Balaban J connectivity index is 4.12. The molecular formula is C28H55N2O3+. The molecule has 1 unspecified atom stereocenters. The van der Waals surface area contributed by atoms with Gasteiger partial charge in [0, 0.05) is 12.8 Å². The van der Waals surface area contributed by atoms with E-state index in [2.05, 4.69) is 24.4 Å². The summed E-state index contributed by atoms with van der Waals surface area (Å²) in [6.45, 7) is 8.23. The number of nitrogens with one attached hydrogen (secondary N) is 1. The van der Waals surface area contributed by atoms with E-state index in [0.717, 1.165) is 25.7 Å². The lowest BCUT2D eigenvalue weighted by atomic mass is 9.96. The van der Waals surface area contributed by atoms with E-state index in [9.17, 15) is 14.7 Å². The van der Waals surface area contributed by atoms with Crippen LogP contribution in [0.2, 0.25) is 0 Å². The summed E-state index contributed by atoms with van der Waals surface area (Å²) in [6.07, 6.45) is 22.0. The highest BCUT2D eigenvalue weighted by atomic mass is 16.4. The molecule has 0 aliphatic heterocycles. The Morgan fingerprint density at radius 3 is 1.76 bits per heavy atom. The third-order valence-electron chi connectivity index (χ3n) is 7.25. The summed E-state index contributed by atoms with van der Waals surface area (Å²) in [4.78, 5) is 24.9. The molecule has 5 heteroatoms. The number of unbranched alkanes of at least 4 members (excludes halogenated alkanes) is 11. The highest BCUT2D eigenvalue weighted by Gasteiger charge is 2.54. The molecule has 0 saturated heterocycles. The van der Waals surface area contributed by atoms with Crippen LogP contribution in [0.1, 0.15) is 130 Å². The van der Waals surface area contributed by atoms with Crippen LogP contribution in [0.25, 0.3) is 0 Å². The fourth-order valence-corrected chi connectivity index (χ4v) is 4.35. The van der Waals surface area contributed by atoms with E-state index >= 15 is 0 Å². The van der Waals surface area contributed by atoms with E-state index < -0.39 is 11.6 Å². The third-order valence-corrected chi connectivity index (χ3v) is 7.25. The molecule has 194 valence electrons. The number of carboxylic acid groups (broad SMARTS) is 1. The van der Waals surface area contributed by atoms with E-state index in [1.54, 1.807) is 0 Å². The van der Waals surface area contributed by atoms with E-state index in [0.29, 0.717) is 19.3 Å². The average Bonchev–Trinajstić information content (AvgIpc) is 2.75. The van der Waals surface area contributed by atoms with Crippen LogP contribution in [0.15, 0.2) is 12.2 Å². The van der Waals surface area contributed by atoms with Crippen molar-refractivity contribution in [1.82, 2.24) is 5.32 Å². The second-order valence-electron chi connectivity index (χ2n) is 10.4. The van der Waals surface area contributed by atoms with Gasteiger partial charge in [-0.25, -0.2) is 4.79 Å². The van der Waals surface area contributed by atoms with Crippen molar-refractivity contribution >= 4 is 11.9 Å². The topological polar surface area (TPSA) is 66.4 Å². The van der Waals surface area contributed by atoms with Crippen molar-refractivity contribution in [2.24, 2.45) is 0 Å². The normalized spacial score (nSPS) is 14.0. The van der Waals surface area contributed by atoms with Crippen molar-refractivity contribution in [2.45, 2.75) is 142 Å². The fourth-order valence-electron chi connectivity index (χ4n) is 4.35. The van der Waals surface area contributed by atoms with Gasteiger partial charge in [-0.15, -0.1) is 0 Å². The van der Waals surface area contributed by atoms with Gasteiger partial charge in [0.1, 0.15) is 0 Å². The van der Waals surface area contributed by atoms with E-state index in [4.69, 9.17) is 0 Å². The Bertz CT molecular complexity index is 557. The molecule has 5 nitrogen and oxygen atoms in total. The number of aliphatic carboxylic acids is 1. The molecule has 0 heterocycles. The quantitative estimate of drug-likeness (QED) is 0.0811. The lowest BCUT2D eigenvalue weighted by Crippen LogP contribution is -2.74. The molecule has 0 aromatic heterocycles. The van der Waals surface area contributed by atoms with Crippen molar-refractivity contribution in [1.29, 1.82) is 0 Å². The summed E-state index contributed by atoms with van der Waals surface area (Å²) in [5, 5.41) is 13.0. The molecule has 33 heavy (non-hydrogen) atoms. The minimum atomic E-state index is -1.28. The Hall–Kier alpha value is -1.36. The van der Waals surface area contributed by atoms with Crippen molar-refractivity contribution in [2.75, 3.05) is 14.1 Å². The number of carbonyl (C=O) groups excluding carboxylic acids is 1. The third kappa shape index (κ3) is 12.1. The van der Waals surface area contributed by atoms with Crippen molar-refractivity contribution in [3.63, 3.8) is 0 Å². The first-order valence-electron chi connectivity index (χ1n) is 13.7. The number of likely N-dealkylation sites (N-methyl/N-ethyl adjacent to an activating group) is 1. The lowest BCUT2D eigenvalue weighted by molar-refractivity contribution is -0.954. The van der Waals surface area contributed by atoms with Gasteiger partial charge in [-0.1, -0.05) is 77.4 Å². The van der Waals surface area contributed by atoms with Crippen LogP contribution in [0, 0.1) is 0 Å². The molecule has 0 aliphatic carbocycles. The fraction of sp³-hybridized carbons (Fsp3) is 0.857. The number of carboxylic acids is 1. The zero-order valence-electron chi connectivity index (χ0n) is 22.8. The van der Waals surface area contributed by atoms with Gasteiger partial charge < -0.3 is 5.11 Å². The molecule has 0 bridgehead atoms. The molecule has 1 amide bonds. The first-order valence-corrected chi connectivity index (χ1v) is 13.7. The smallest absolute Gasteiger partial charge is 0.388 e. The number of hydrogen-bond acceptors (Lipinski definition) is 2.